The summed E-state index contributed by atoms with van der Waals surface area (Å²) in [4.78, 5) is 11.2. The molecule has 0 spiro atoms. The molecule has 4 nitrogen and oxygen atoms in total. The average Bonchev–Trinajstić information content (AvgIpc) is 2.29. The summed E-state index contributed by atoms with van der Waals surface area (Å²) in [6, 6.07) is 7.22. The number of rotatable bonds is 5. The van der Waals surface area contributed by atoms with E-state index in [1.165, 1.54) is 16.9 Å². The molecule has 0 fully saturated rings. The molecule has 0 amide bonds. The molecule has 92 valence electrons. The van der Waals surface area contributed by atoms with Crippen molar-refractivity contribution in [1.29, 1.82) is 0 Å². The Hall–Kier alpha value is -0.927. The van der Waals surface area contributed by atoms with E-state index in [0.717, 1.165) is 17.2 Å². The third kappa shape index (κ3) is 5.29. The first-order valence-corrected chi connectivity index (χ1v) is 6.71. The molecule has 1 aromatic rings. The van der Waals surface area contributed by atoms with E-state index in [0.29, 0.717) is 12.1 Å². The summed E-state index contributed by atoms with van der Waals surface area (Å²) in [5.41, 5.74) is 0.555. The number of hydrogen-bond acceptors (Lipinski definition) is 4. The van der Waals surface area contributed by atoms with Crippen molar-refractivity contribution >= 4 is 39.9 Å². The van der Waals surface area contributed by atoms with Gasteiger partial charge in [-0.2, -0.15) is 0 Å². The van der Waals surface area contributed by atoms with Crippen LogP contribution in [0.15, 0.2) is 24.3 Å². The van der Waals surface area contributed by atoms with Crippen LogP contribution in [0.1, 0.15) is 19.8 Å². The van der Waals surface area contributed by atoms with E-state index in [1.54, 1.807) is 18.2 Å². The number of benzene rings is 1. The van der Waals surface area contributed by atoms with Crippen LogP contribution in [0.4, 0.5) is 4.79 Å². The van der Waals surface area contributed by atoms with Crippen LogP contribution in [0.2, 0.25) is 0 Å². The van der Waals surface area contributed by atoms with Crippen LogP contribution in [-0.2, 0) is 9.39 Å². The van der Waals surface area contributed by atoms with E-state index in [9.17, 15) is 9.82 Å². The van der Waals surface area contributed by atoms with E-state index in [-0.39, 0.29) is 0 Å². The molecule has 0 aliphatic rings. The molecule has 6 heteroatoms. The van der Waals surface area contributed by atoms with Gasteiger partial charge in [-0.25, -0.2) is 0 Å². The van der Waals surface area contributed by atoms with Gasteiger partial charge in [-0.15, -0.1) is 0 Å². The number of unbranched alkanes of at least 4 members (excludes halogenated alkanes) is 1. The number of carbonyl (C=O) groups is 1. The van der Waals surface area contributed by atoms with Gasteiger partial charge in [-0.1, -0.05) is 0 Å². The molecule has 1 rings (SSSR count). The van der Waals surface area contributed by atoms with Crippen molar-refractivity contribution in [1.82, 2.24) is 0 Å². The third-order valence-corrected chi connectivity index (χ3v) is 2.87. The van der Waals surface area contributed by atoms with Crippen molar-refractivity contribution in [3.63, 3.8) is 0 Å². The number of ether oxygens (including phenoxy) is 1. The molecular formula is C11H16AsBO4. The Morgan fingerprint density at radius 2 is 2.29 bits per heavy atom. The van der Waals surface area contributed by atoms with Crippen molar-refractivity contribution in [2.75, 3.05) is 6.61 Å². The zero-order valence-electron chi connectivity index (χ0n) is 9.76. The fourth-order valence-electron chi connectivity index (χ4n) is 1.21. The second-order valence-corrected chi connectivity index (χ2v) is 4.99. The Morgan fingerprint density at radius 1 is 1.53 bits per heavy atom. The molecule has 0 bridgehead atoms. The van der Waals surface area contributed by atoms with Crippen LogP contribution in [-0.4, -0.2) is 41.8 Å². The van der Waals surface area contributed by atoms with Gasteiger partial charge in [-0.3, -0.25) is 0 Å². The predicted octanol–water partition coefficient (Wildman–Crippen LogP) is -0.414. The SMILES string of the molecule is CCCCOC(=O)OB(O)c1cccc([AsH2])c1. The van der Waals surface area contributed by atoms with Crippen LogP contribution >= 0.6 is 0 Å². The summed E-state index contributed by atoms with van der Waals surface area (Å²) in [6.45, 7) is 2.32. The molecule has 1 atom stereocenters. The van der Waals surface area contributed by atoms with E-state index < -0.39 is 13.3 Å². The van der Waals surface area contributed by atoms with E-state index in [2.05, 4.69) is 0 Å². The van der Waals surface area contributed by atoms with Gasteiger partial charge in [0.1, 0.15) is 0 Å². The minimum atomic E-state index is -1.26. The molecule has 17 heavy (non-hydrogen) atoms. The maximum absolute atomic E-state index is 11.2. The van der Waals surface area contributed by atoms with Crippen LogP contribution < -0.4 is 9.81 Å². The molecular weight excluding hydrogens is 282 g/mol. The summed E-state index contributed by atoms with van der Waals surface area (Å²) in [7, 11) is -1.26. The molecule has 1 N–H and O–H groups in total. The molecule has 0 saturated heterocycles. The van der Waals surface area contributed by atoms with Crippen LogP contribution in [0.3, 0.4) is 0 Å². The third-order valence-electron chi connectivity index (χ3n) is 2.12. The fourth-order valence-corrected chi connectivity index (χ4v) is 1.84. The summed E-state index contributed by atoms with van der Waals surface area (Å²) in [5.74, 6) is 0. The Bertz CT molecular complexity index is 372. The average molecular weight is 298 g/mol. The topological polar surface area (TPSA) is 55.8 Å². The summed E-state index contributed by atoms with van der Waals surface area (Å²) < 4.78 is 10.6. The van der Waals surface area contributed by atoms with Gasteiger partial charge in [0.15, 0.2) is 0 Å². The van der Waals surface area contributed by atoms with Gasteiger partial charge in [0.05, 0.1) is 0 Å². The minimum absolute atomic E-state index is 0.318. The predicted molar refractivity (Wildman–Crippen MR) is 69.6 cm³/mol. The Labute approximate surface area is 110 Å². The summed E-state index contributed by atoms with van der Waals surface area (Å²) in [6.07, 6.45) is 0.895. The van der Waals surface area contributed by atoms with Crippen LogP contribution in [0.5, 0.6) is 0 Å². The van der Waals surface area contributed by atoms with E-state index >= 15 is 0 Å². The van der Waals surface area contributed by atoms with Gasteiger partial charge in [0, 0.05) is 0 Å². The monoisotopic (exact) mass is 298 g/mol. The number of hydrogen-bond donors (Lipinski definition) is 1. The van der Waals surface area contributed by atoms with E-state index in [4.69, 9.17) is 9.39 Å². The van der Waals surface area contributed by atoms with Crippen molar-refractivity contribution < 1.29 is 19.2 Å². The normalized spacial score (nSPS) is 9.82. The van der Waals surface area contributed by atoms with Gasteiger partial charge >= 0.3 is 110 Å². The van der Waals surface area contributed by atoms with Crippen molar-refractivity contribution in [2.24, 2.45) is 0 Å². The van der Waals surface area contributed by atoms with Crippen molar-refractivity contribution in [3.8, 4) is 0 Å². The zero-order chi connectivity index (χ0) is 12.7. The molecule has 0 aromatic heterocycles. The second-order valence-electron chi connectivity index (χ2n) is 3.59. The molecule has 0 heterocycles. The van der Waals surface area contributed by atoms with Gasteiger partial charge in [-0.05, 0) is 0 Å². The number of carbonyl (C=O) groups excluding carboxylic acids is 1. The molecule has 0 saturated carbocycles. The Morgan fingerprint density at radius 3 is 2.94 bits per heavy atom. The van der Waals surface area contributed by atoms with Gasteiger partial charge in [0.25, 0.3) is 0 Å². The fraction of sp³-hybridized carbons (Fsp3) is 0.364. The quantitative estimate of drug-likeness (QED) is 0.456. The Balaban J connectivity index is 2.43. The van der Waals surface area contributed by atoms with E-state index in [1.807, 2.05) is 13.0 Å². The Kier molecular flexibility index (Phi) is 6.16. The standard InChI is InChI=1S/C11H16AsBO4/c1-2-3-7-16-11(14)17-13(15)10-6-4-5-9(12)8-10/h4-6,8,15H,2-3,7,12H2,1H3. The van der Waals surface area contributed by atoms with Crippen molar-refractivity contribution in [2.45, 2.75) is 19.8 Å². The zero-order valence-corrected chi connectivity index (χ0v) is 12.2. The molecule has 1 aromatic carbocycles. The first kappa shape index (κ1) is 14.1. The summed E-state index contributed by atoms with van der Waals surface area (Å²) >= 11 is 1.44. The van der Waals surface area contributed by atoms with Crippen LogP contribution in [0, 0.1) is 0 Å². The molecule has 0 radical (unpaired) electrons. The van der Waals surface area contributed by atoms with Gasteiger partial charge in [0.2, 0.25) is 0 Å². The van der Waals surface area contributed by atoms with Crippen LogP contribution in [0.25, 0.3) is 0 Å². The molecule has 0 aliphatic carbocycles. The first-order valence-electron chi connectivity index (χ1n) is 5.50. The summed E-state index contributed by atoms with van der Waals surface area (Å²) in [5, 5.41) is 9.66. The first-order chi connectivity index (χ1) is 8.13. The van der Waals surface area contributed by atoms with Crippen molar-refractivity contribution in [3.05, 3.63) is 24.3 Å². The molecule has 0 aliphatic heterocycles. The molecule has 1 unspecified atom stereocenters. The maximum atomic E-state index is 11.2. The second kappa shape index (κ2) is 7.41. The van der Waals surface area contributed by atoms with Gasteiger partial charge < -0.3 is 0 Å².